The molecule has 2 aromatic rings. The Morgan fingerprint density at radius 2 is 2.29 bits per heavy atom. The molecule has 0 fully saturated rings. The van der Waals surface area contributed by atoms with Crippen molar-refractivity contribution in [1.82, 2.24) is 14.5 Å². The molecule has 0 aliphatic rings. The van der Waals surface area contributed by atoms with E-state index < -0.39 is 0 Å². The van der Waals surface area contributed by atoms with E-state index in [1.165, 1.54) is 0 Å². The van der Waals surface area contributed by atoms with Gasteiger partial charge in [-0.1, -0.05) is 11.6 Å². The van der Waals surface area contributed by atoms with E-state index in [4.69, 9.17) is 11.6 Å². The summed E-state index contributed by atoms with van der Waals surface area (Å²) in [5, 5.41) is 3.72. The first-order valence-electron chi connectivity index (χ1n) is 5.25. The fourth-order valence-electron chi connectivity index (χ4n) is 1.49. The molecule has 6 heteroatoms. The largest absolute Gasteiger partial charge is 0.377 e. The zero-order chi connectivity index (χ0) is 12.3. The summed E-state index contributed by atoms with van der Waals surface area (Å²) in [6.45, 7) is 3.67. The van der Waals surface area contributed by atoms with Gasteiger partial charge in [0.2, 0.25) is 0 Å². The molecular weight excluding hydrogens is 304 g/mol. The predicted molar refractivity (Wildman–Crippen MR) is 72.2 cm³/mol. The molecule has 0 saturated carbocycles. The molecule has 2 rings (SSSR count). The van der Waals surface area contributed by atoms with E-state index in [0.717, 1.165) is 22.5 Å². The summed E-state index contributed by atoms with van der Waals surface area (Å²) in [6.07, 6.45) is 5.47. The molecular formula is C11H12BrClN4. The molecule has 0 radical (unpaired) electrons. The molecule has 17 heavy (non-hydrogen) atoms. The monoisotopic (exact) mass is 314 g/mol. The number of aromatic nitrogens is 3. The Hall–Kier alpha value is -1.07. The molecule has 90 valence electrons. The SMILES string of the molecule is CCn1ccnc1CNc1cnc(Cl)c(Br)c1. The summed E-state index contributed by atoms with van der Waals surface area (Å²) in [7, 11) is 0. The van der Waals surface area contributed by atoms with Crippen molar-refractivity contribution in [2.75, 3.05) is 5.32 Å². The van der Waals surface area contributed by atoms with Gasteiger partial charge in [-0.25, -0.2) is 9.97 Å². The Balaban J connectivity index is 2.05. The Morgan fingerprint density at radius 3 is 3.00 bits per heavy atom. The third-order valence-electron chi connectivity index (χ3n) is 2.39. The smallest absolute Gasteiger partial charge is 0.143 e. The van der Waals surface area contributed by atoms with Crippen molar-refractivity contribution in [2.45, 2.75) is 20.0 Å². The Morgan fingerprint density at radius 1 is 1.47 bits per heavy atom. The first-order valence-corrected chi connectivity index (χ1v) is 6.42. The molecule has 4 nitrogen and oxygen atoms in total. The van der Waals surface area contributed by atoms with Crippen molar-refractivity contribution >= 4 is 33.2 Å². The van der Waals surface area contributed by atoms with Crippen LogP contribution in [0.2, 0.25) is 5.15 Å². The van der Waals surface area contributed by atoms with Gasteiger partial charge in [-0.2, -0.15) is 0 Å². The average molecular weight is 316 g/mol. The molecule has 2 aromatic heterocycles. The van der Waals surface area contributed by atoms with Gasteiger partial charge in [-0.3, -0.25) is 0 Å². The van der Waals surface area contributed by atoms with E-state index in [1.807, 2.05) is 12.3 Å². The Bertz CT molecular complexity index is 512. The van der Waals surface area contributed by atoms with Crippen molar-refractivity contribution in [1.29, 1.82) is 0 Å². The van der Waals surface area contributed by atoms with E-state index in [0.29, 0.717) is 11.7 Å². The van der Waals surface area contributed by atoms with Crippen LogP contribution in [0.4, 0.5) is 5.69 Å². The summed E-state index contributed by atoms with van der Waals surface area (Å²) in [4.78, 5) is 8.33. The van der Waals surface area contributed by atoms with Crippen LogP contribution in [0, 0.1) is 0 Å². The van der Waals surface area contributed by atoms with Crippen molar-refractivity contribution in [2.24, 2.45) is 0 Å². The molecule has 0 aliphatic carbocycles. The minimum absolute atomic E-state index is 0.464. The van der Waals surface area contributed by atoms with Crippen LogP contribution in [0.25, 0.3) is 0 Å². The van der Waals surface area contributed by atoms with Crippen LogP contribution >= 0.6 is 27.5 Å². The van der Waals surface area contributed by atoms with Crippen molar-refractivity contribution in [3.63, 3.8) is 0 Å². The van der Waals surface area contributed by atoms with E-state index >= 15 is 0 Å². The number of hydrogen-bond acceptors (Lipinski definition) is 3. The van der Waals surface area contributed by atoms with Crippen LogP contribution in [0.5, 0.6) is 0 Å². The highest BCUT2D eigenvalue weighted by Crippen LogP contribution is 2.23. The number of rotatable bonds is 4. The molecule has 2 heterocycles. The number of pyridine rings is 1. The van der Waals surface area contributed by atoms with Crippen LogP contribution < -0.4 is 5.32 Å². The number of halogens is 2. The Labute approximate surface area is 113 Å². The first-order chi connectivity index (χ1) is 8.20. The van der Waals surface area contributed by atoms with Crippen molar-refractivity contribution in [3.8, 4) is 0 Å². The van der Waals surface area contributed by atoms with Crippen LogP contribution in [-0.4, -0.2) is 14.5 Å². The van der Waals surface area contributed by atoms with E-state index in [2.05, 4.69) is 42.7 Å². The van der Waals surface area contributed by atoms with Gasteiger partial charge >= 0.3 is 0 Å². The van der Waals surface area contributed by atoms with Crippen molar-refractivity contribution in [3.05, 3.63) is 40.1 Å². The minimum atomic E-state index is 0.464. The maximum absolute atomic E-state index is 5.83. The second kappa shape index (κ2) is 5.51. The predicted octanol–water partition coefficient (Wildman–Crippen LogP) is 3.33. The van der Waals surface area contributed by atoms with Gasteiger partial charge in [-0.15, -0.1) is 0 Å². The van der Waals surface area contributed by atoms with Crippen LogP contribution in [0.1, 0.15) is 12.7 Å². The normalized spacial score (nSPS) is 10.5. The quantitative estimate of drug-likeness (QED) is 0.880. The number of hydrogen-bond donors (Lipinski definition) is 1. The zero-order valence-corrected chi connectivity index (χ0v) is 11.7. The number of anilines is 1. The lowest BCUT2D eigenvalue weighted by atomic mass is 10.4. The van der Waals surface area contributed by atoms with Crippen LogP contribution in [-0.2, 0) is 13.1 Å². The van der Waals surface area contributed by atoms with Gasteiger partial charge in [0.05, 0.1) is 22.9 Å². The number of imidazole rings is 1. The lowest BCUT2D eigenvalue weighted by Crippen LogP contribution is -2.07. The summed E-state index contributed by atoms with van der Waals surface area (Å²) in [6, 6.07) is 1.90. The molecule has 0 bridgehead atoms. The minimum Gasteiger partial charge on any atom is -0.377 e. The third-order valence-corrected chi connectivity index (χ3v) is 3.52. The molecule has 0 aliphatic heterocycles. The molecule has 0 amide bonds. The molecule has 0 unspecified atom stereocenters. The summed E-state index contributed by atoms with van der Waals surface area (Å²) < 4.78 is 2.87. The number of nitrogens with zero attached hydrogens (tertiary/aromatic N) is 3. The number of nitrogens with one attached hydrogen (secondary N) is 1. The fourth-order valence-corrected chi connectivity index (χ4v) is 1.95. The van der Waals surface area contributed by atoms with Gasteiger partial charge in [0.25, 0.3) is 0 Å². The van der Waals surface area contributed by atoms with Crippen LogP contribution in [0.3, 0.4) is 0 Å². The van der Waals surface area contributed by atoms with Gasteiger partial charge in [0.15, 0.2) is 0 Å². The van der Waals surface area contributed by atoms with E-state index in [1.54, 1.807) is 12.4 Å². The van der Waals surface area contributed by atoms with Gasteiger partial charge in [-0.05, 0) is 28.9 Å². The van der Waals surface area contributed by atoms with Crippen molar-refractivity contribution < 1.29 is 0 Å². The van der Waals surface area contributed by atoms with Crippen LogP contribution in [0.15, 0.2) is 29.1 Å². The fraction of sp³-hybridized carbons (Fsp3) is 0.273. The summed E-state index contributed by atoms with van der Waals surface area (Å²) in [5.74, 6) is 0.999. The molecule has 0 atom stereocenters. The molecule has 0 spiro atoms. The maximum atomic E-state index is 5.83. The summed E-state index contributed by atoms with van der Waals surface area (Å²) >= 11 is 9.16. The zero-order valence-electron chi connectivity index (χ0n) is 9.32. The topological polar surface area (TPSA) is 42.7 Å². The molecule has 0 saturated heterocycles. The highest BCUT2D eigenvalue weighted by Gasteiger charge is 2.03. The molecule has 0 aromatic carbocycles. The van der Waals surface area contributed by atoms with E-state index in [-0.39, 0.29) is 0 Å². The Kier molecular flexibility index (Phi) is 4.02. The highest BCUT2D eigenvalue weighted by atomic mass is 79.9. The van der Waals surface area contributed by atoms with Gasteiger partial charge in [0.1, 0.15) is 11.0 Å². The maximum Gasteiger partial charge on any atom is 0.143 e. The third kappa shape index (κ3) is 2.98. The van der Waals surface area contributed by atoms with E-state index in [9.17, 15) is 0 Å². The highest BCUT2D eigenvalue weighted by molar-refractivity contribution is 9.10. The van der Waals surface area contributed by atoms with Gasteiger partial charge < -0.3 is 9.88 Å². The second-order valence-electron chi connectivity index (χ2n) is 3.48. The molecule has 1 N–H and O–H groups in total. The first kappa shape index (κ1) is 12.4. The number of aryl methyl sites for hydroxylation is 1. The standard InChI is InChI=1S/C11H12BrClN4/c1-2-17-4-3-14-10(17)7-15-8-5-9(12)11(13)16-6-8/h3-6,15H,2,7H2,1H3. The average Bonchev–Trinajstić information content (AvgIpc) is 2.78. The lowest BCUT2D eigenvalue weighted by molar-refractivity contribution is 0.708. The van der Waals surface area contributed by atoms with Gasteiger partial charge in [0, 0.05) is 18.9 Å². The lowest BCUT2D eigenvalue weighted by Gasteiger charge is -2.08. The second-order valence-corrected chi connectivity index (χ2v) is 4.69. The summed E-state index contributed by atoms with van der Waals surface area (Å²) in [5.41, 5.74) is 0.909.